The number of sulfonamides is 1. The lowest BCUT2D eigenvalue weighted by Gasteiger charge is -2.19. The minimum absolute atomic E-state index is 0.155. The van der Waals surface area contributed by atoms with Gasteiger partial charge in [0.05, 0.1) is 17.6 Å². The van der Waals surface area contributed by atoms with E-state index in [4.69, 9.17) is 0 Å². The molecule has 1 amide bonds. The maximum atomic E-state index is 12.2. The highest BCUT2D eigenvalue weighted by Gasteiger charge is 2.28. The quantitative estimate of drug-likeness (QED) is 0.921. The fourth-order valence-corrected chi connectivity index (χ4v) is 3.99. The summed E-state index contributed by atoms with van der Waals surface area (Å²) in [5.41, 5.74) is 2.15. The highest BCUT2D eigenvalue weighted by molar-refractivity contribution is 7.93. The molecule has 1 aromatic heterocycles. The standard InChI is InChI=1S/C15H16N4O3S/c1-11-3-4-12(19-7-2-8-23(19,21)22)9-13(11)18-15(20)14-10-16-5-6-17-14/h3-6,9-10H,2,7-8H2,1H3,(H,18,20). The number of hydrogen-bond donors (Lipinski definition) is 1. The first kappa shape index (κ1) is 15.4. The van der Waals surface area contributed by atoms with E-state index in [1.165, 1.54) is 22.9 Å². The van der Waals surface area contributed by atoms with Gasteiger partial charge in [-0.15, -0.1) is 0 Å². The number of amides is 1. The predicted octanol–water partition coefficient (Wildman–Crippen LogP) is 1.58. The number of aromatic nitrogens is 2. The van der Waals surface area contributed by atoms with E-state index in [2.05, 4.69) is 15.3 Å². The Labute approximate surface area is 134 Å². The molecule has 0 spiro atoms. The smallest absolute Gasteiger partial charge is 0.275 e. The van der Waals surface area contributed by atoms with E-state index in [1.807, 2.05) is 6.92 Å². The molecule has 0 saturated carbocycles. The van der Waals surface area contributed by atoms with Crippen LogP contribution in [0, 0.1) is 6.92 Å². The molecule has 1 aliphatic heterocycles. The second kappa shape index (κ2) is 5.96. The van der Waals surface area contributed by atoms with E-state index in [9.17, 15) is 13.2 Å². The average molecular weight is 332 g/mol. The van der Waals surface area contributed by atoms with Crippen LogP contribution in [0.4, 0.5) is 11.4 Å². The summed E-state index contributed by atoms with van der Waals surface area (Å²) in [5.74, 6) is -0.232. The third kappa shape index (κ3) is 3.16. The third-order valence-corrected chi connectivity index (χ3v) is 5.52. The van der Waals surface area contributed by atoms with Gasteiger partial charge in [0.15, 0.2) is 0 Å². The van der Waals surface area contributed by atoms with Crippen LogP contribution >= 0.6 is 0 Å². The Kier molecular flexibility index (Phi) is 3.99. The minimum Gasteiger partial charge on any atom is -0.320 e. The highest BCUT2D eigenvalue weighted by Crippen LogP contribution is 2.28. The topological polar surface area (TPSA) is 92.3 Å². The number of nitrogens with zero attached hydrogens (tertiary/aromatic N) is 3. The minimum atomic E-state index is -3.25. The van der Waals surface area contributed by atoms with Crippen molar-refractivity contribution in [2.45, 2.75) is 13.3 Å². The molecule has 3 rings (SSSR count). The molecule has 1 saturated heterocycles. The summed E-state index contributed by atoms with van der Waals surface area (Å²) in [6, 6.07) is 5.21. The molecule has 1 aromatic carbocycles. The van der Waals surface area contributed by atoms with E-state index in [0.29, 0.717) is 24.3 Å². The zero-order chi connectivity index (χ0) is 16.4. The Morgan fingerprint density at radius 1 is 1.30 bits per heavy atom. The van der Waals surface area contributed by atoms with Gasteiger partial charge in [-0.25, -0.2) is 13.4 Å². The van der Waals surface area contributed by atoms with Gasteiger partial charge in [-0.1, -0.05) is 6.07 Å². The molecule has 0 bridgehead atoms. The van der Waals surface area contributed by atoms with Crippen molar-refractivity contribution in [1.82, 2.24) is 9.97 Å². The summed E-state index contributed by atoms with van der Waals surface area (Å²) in [5, 5.41) is 2.75. The number of aryl methyl sites for hydroxylation is 1. The molecule has 2 heterocycles. The molecule has 1 aliphatic rings. The van der Waals surface area contributed by atoms with E-state index in [-0.39, 0.29) is 17.4 Å². The molecule has 8 heteroatoms. The molecule has 0 unspecified atom stereocenters. The lowest BCUT2D eigenvalue weighted by Crippen LogP contribution is -2.25. The van der Waals surface area contributed by atoms with Gasteiger partial charge < -0.3 is 5.32 Å². The Hall–Kier alpha value is -2.48. The van der Waals surface area contributed by atoms with Crippen molar-refractivity contribution in [3.05, 3.63) is 48.0 Å². The van der Waals surface area contributed by atoms with Crippen LogP contribution in [0.25, 0.3) is 0 Å². The van der Waals surface area contributed by atoms with Crippen LogP contribution in [0.2, 0.25) is 0 Å². The van der Waals surface area contributed by atoms with Gasteiger partial charge in [0, 0.05) is 24.6 Å². The molecule has 0 atom stereocenters. The van der Waals surface area contributed by atoms with Crippen molar-refractivity contribution in [2.24, 2.45) is 0 Å². The summed E-state index contributed by atoms with van der Waals surface area (Å²) in [6.45, 7) is 2.30. The number of benzene rings is 1. The SMILES string of the molecule is Cc1ccc(N2CCCS2(=O)=O)cc1NC(=O)c1cnccn1. The zero-order valence-electron chi connectivity index (χ0n) is 12.6. The van der Waals surface area contributed by atoms with Crippen LogP contribution in [-0.2, 0) is 10.0 Å². The summed E-state index contributed by atoms with van der Waals surface area (Å²) in [6.07, 6.45) is 4.91. The number of rotatable bonds is 3. The molecular weight excluding hydrogens is 316 g/mol. The van der Waals surface area contributed by atoms with Gasteiger partial charge in [-0.05, 0) is 31.0 Å². The number of carbonyl (C=O) groups excluding carboxylic acids is 1. The molecule has 23 heavy (non-hydrogen) atoms. The highest BCUT2D eigenvalue weighted by atomic mass is 32.2. The molecule has 1 fully saturated rings. The number of nitrogens with one attached hydrogen (secondary N) is 1. The van der Waals surface area contributed by atoms with Crippen molar-refractivity contribution in [3.63, 3.8) is 0 Å². The lowest BCUT2D eigenvalue weighted by molar-refractivity contribution is 0.102. The fraction of sp³-hybridized carbons (Fsp3) is 0.267. The van der Waals surface area contributed by atoms with Crippen LogP contribution in [0.15, 0.2) is 36.8 Å². The van der Waals surface area contributed by atoms with Gasteiger partial charge in [0.25, 0.3) is 5.91 Å². The van der Waals surface area contributed by atoms with E-state index in [0.717, 1.165) is 5.56 Å². The molecular formula is C15H16N4O3S. The van der Waals surface area contributed by atoms with E-state index in [1.54, 1.807) is 18.2 Å². The summed E-state index contributed by atoms with van der Waals surface area (Å²) >= 11 is 0. The first-order valence-electron chi connectivity index (χ1n) is 7.16. The second-order valence-electron chi connectivity index (χ2n) is 5.29. The van der Waals surface area contributed by atoms with Crippen molar-refractivity contribution in [1.29, 1.82) is 0 Å². The average Bonchev–Trinajstić information content (AvgIpc) is 2.90. The molecule has 0 aliphatic carbocycles. The first-order chi connectivity index (χ1) is 11.0. The number of hydrogen-bond acceptors (Lipinski definition) is 5. The molecule has 0 radical (unpaired) electrons. The maximum absolute atomic E-state index is 12.2. The second-order valence-corrected chi connectivity index (χ2v) is 7.30. The van der Waals surface area contributed by atoms with Crippen molar-refractivity contribution < 1.29 is 13.2 Å². The summed E-state index contributed by atoms with van der Waals surface area (Å²) < 4.78 is 25.4. The molecule has 120 valence electrons. The van der Waals surface area contributed by atoms with Gasteiger partial charge >= 0.3 is 0 Å². The number of carbonyl (C=O) groups is 1. The van der Waals surface area contributed by atoms with Crippen molar-refractivity contribution >= 4 is 27.3 Å². The maximum Gasteiger partial charge on any atom is 0.275 e. The van der Waals surface area contributed by atoms with Crippen molar-refractivity contribution in [3.8, 4) is 0 Å². The van der Waals surface area contributed by atoms with Crippen LogP contribution in [0.3, 0.4) is 0 Å². The third-order valence-electron chi connectivity index (χ3n) is 3.65. The van der Waals surface area contributed by atoms with Gasteiger partial charge in [0.2, 0.25) is 10.0 Å². The Bertz CT molecular complexity index is 837. The zero-order valence-corrected chi connectivity index (χ0v) is 13.4. The van der Waals surface area contributed by atoms with Crippen LogP contribution in [0.5, 0.6) is 0 Å². The van der Waals surface area contributed by atoms with Crippen LogP contribution in [0.1, 0.15) is 22.5 Å². The van der Waals surface area contributed by atoms with Crippen LogP contribution < -0.4 is 9.62 Å². The van der Waals surface area contributed by atoms with Gasteiger partial charge in [-0.2, -0.15) is 0 Å². The van der Waals surface area contributed by atoms with Gasteiger partial charge in [-0.3, -0.25) is 14.1 Å². The van der Waals surface area contributed by atoms with E-state index < -0.39 is 10.0 Å². The van der Waals surface area contributed by atoms with Crippen molar-refractivity contribution in [2.75, 3.05) is 21.9 Å². The fourth-order valence-electron chi connectivity index (χ4n) is 2.43. The van der Waals surface area contributed by atoms with E-state index >= 15 is 0 Å². The lowest BCUT2D eigenvalue weighted by atomic mass is 10.1. The van der Waals surface area contributed by atoms with Crippen LogP contribution in [-0.4, -0.2) is 36.6 Å². The Morgan fingerprint density at radius 2 is 2.13 bits per heavy atom. The Balaban J connectivity index is 1.88. The molecule has 1 N–H and O–H groups in total. The summed E-state index contributed by atoms with van der Waals surface area (Å²) in [7, 11) is -3.25. The Morgan fingerprint density at radius 3 is 2.78 bits per heavy atom. The number of anilines is 2. The molecule has 7 nitrogen and oxygen atoms in total. The molecule has 2 aromatic rings. The predicted molar refractivity (Wildman–Crippen MR) is 86.9 cm³/mol. The first-order valence-corrected chi connectivity index (χ1v) is 8.77. The largest absolute Gasteiger partial charge is 0.320 e. The summed E-state index contributed by atoms with van der Waals surface area (Å²) in [4.78, 5) is 20.0. The van der Waals surface area contributed by atoms with Gasteiger partial charge in [0.1, 0.15) is 5.69 Å². The normalized spacial score (nSPS) is 16.3. The monoisotopic (exact) mass is 332 g/mol.